The molecule has 0 atom stereocenters. The summed E-state index contributed by atoms with van der Waals surface area (Å²) in [5.41, 5.74) is 1.25. The van der Waals surface area contributed by atoms with Crippen molar-refractivity contribution in [1.82, 2.24) is 4.90 Å². The number of hydrogen-bond donors (Lipinski definition) is 1. The molecule has 21 heavy (non-hydrogen) atoms. The molecule has 0 radical (unpaired) electrons. The van der Waals surface area contributed by atoms with Gasteiger partial charge in [-0.25, -0.2) is 0 Å². The fourth-order valence-electron chi connectivity index (χ4n) is 2.03. The Kier molecular flexibility index (Phi) is 7.83. The predicted octanol–water partition coefficient (Wildman–Crippen LogP) is 3.52. The number of rotatable bonds is 8. The highest BCUT2D eigenvalue weighted by molar-refractivity contribution is 6.17. The SMILES string of the molecule is CCN(CC)C(=O)c1cccc(NC(=O)CCCCCl)c1. The van der Waals surface area contributed by atoms with Gasteiger partial charge >= 0.3 is 0 Å². The van der Waals surface area contributed by atoms with Crippen LogP contribution in [0.25, 0.3) is 0 Å². The number of nitrogens with zero attached hydrogens (tertiary/aromatic N) is 1. The van der Waals surface area contributed by atoms with Gasteiger partial charge in [-0.15, -0.1) is 11.6 Å². The molecule has 0 aliphatic rings. The van der Waals surface area contributed by atoms with Gasteiger partial charge < -0.3 is 10.2 Å². The highest BCUT2D eigenvalue weighted by Gasteiger charge is 2.13. The molecule has 1 rings (SSSR count). The molecule has 116 valence electrons. The van der Waals surface area contributed by atoms with Gasteiger partial charge in [0, 0.05) is 36.6 Å². The molecule has 2 amide bonds. The van der Waals surface area contributed by atoms with E-state index in [0.717, 1.165) is 12.8 Å². The zero-order valence-electron chi connectivity index (χ0n) is 12.7. The lowest BCUT2D eigenvalue weighted by atomic mass is 10.1. The Labute approximate surface area is 131 Å². The highest BCUT2D eigenvalue weighted by atomic mass is 35.5. The van der Waals surface area contributed by atoms with Crippen LogP contribution in [0.1, 0.15) is 43.5 Å². The molecule has 1 aromatic rings. The average Bonchev–Trinajstić information content (AvgIpc) is 2.49. The van der Waals surface area contributed by atoms with Crippen molar-refractivity contribution in [3.05, 3.63) is 29.8 Å². The van der Waals surface area contributed by atoms with Crippen LogP contribution in [0.3, 0.4) is 0 Å². The van der Waals surface area contributed by atoms with Crippen LogP contribution in [-0.2, 0) is 4.79 Å². The Morgan fingerprint density at radius 2 is 1.90 bits per heavy atom. The summed E-state index contributed by atoms with van der Waals surface area (Å²) in [6, 6.07) is 7.06. The van der Waals surface area contributed by atoms with Gasteiger partial charge in [0.2, 0.25) is 5.91 Å². The minimum Gasteiger partial charge on any atom is -0.339 e. The first kappa shape index (κ1) is 17.5. The van der Waals surface area contributed by atoms with E-state index in [4.69, 9.17) is 11.6 Å². The molecule has 1 aromatic carbocycles. The first-order valence-corrected chi connectivity index (χ1v) is 7.91. The van der Waals surface area contributed by atoms with Crippen molar-refractivity contribution in [3.63, 3.8) is 0 Å². The third-order valence-corrected chi connectivity index (χ3v) is 3.50. The highest BCUT2D eigenvalue weighted by Crippen LogP contribution is 2.13. The molecule has 0 unspecified atom stereocenters. The number of anilines is 1. The van der Waals surface area contributed by atoms with E-state index in [0.29, 0.717) is 36.6 Å². The summed E-state index contributed by atoms with van der Waals surface area (Å²) in [4.78, 5) is 25.8. The number of halogens is 1. The van der Waals surface area contributed by atoms with Crippen LogP contribution < -0.4 is 5.32 Å². The van der Waals surface area contributed by atoms with Crippen molar-refractivity contribution >= 4 is 29.1 Å². The second-order valence-electron chi connectivity index (χ2n) is 4.75. The second kappa shape index (κ2) is 9.40. The van der Waals surface area contributed by atoms with E-state index in [1.165, 1.54) is 0 Å². The van der Waals surface area contributed by atoms with Crippen LogP contribution in [0.5, 0.6) is 0 Å². The maximum Gasteiger partial charge on any atom is 0.253 e. The van der Waals surface area contributed by atoms with E-state index in [9.17, 15) is 9.59 Å². The molecule has 4 nitrogen and oxygen atoms in total. The average molecular weight is 311 g/mol. The molecular formula is C16H23ClN2O2. The Hall–Kier alpha value is -1.55. The molecule has 0 aliphatic carbocycles. The molecule has 0 fully saturated rings. The van der Waals surface area contributed by atoms with Crippen LogP contribution >= 0.6 is 11.6 Å². The number of amides is 2. The Morgan fingerprint density at radius 3 is 2.52 bits per heavy atom. The quantitative estimate of drug-likeness (QED) is 0.590. The topological polar surface area (TPSA) is 49.4 Å². The summed E-state index contributed by atoms with van der Waals surface area (Å²) in [6.07, 6.45) is 2.05. The molecule has 5 heteroatoms. The number of hydrogen-bond acceptors (Lipinski definition) is 2. The van der Waals surface area contributed by atoms with Crippen molar-refractivity contribution in [2.75, 3.05) is 24.3 Å². The molecule has 0 aromatic heterocycles. The number of unbranched alkanes of at least 4 members (excludes halogenated alkanes) is 1. The maximum absolute atomic E-state index is 12.3. The lowest BCUT2D eigenvalue weighted by molar-refractivity contribution is -0.116. The van der Waals surface area contributed by atoms with Crippen molar-refractivity contribution < 1.29 is 9.59 Å². The third kappa shape index (κ3) is 5.76. The van der Waals surface area contributed by atoms with E-state index in [1.807, 2.05) is 13.8 Å². The minimum absolute atomic E-state index is 0.0155. The Bertz CT molecular complexity index is 473. The first-order valence-electron chi connectivity index (χ1n) is 7.37. The smallest absolute Gasteiger partial charge is 0.253 e. The van der Waals surface area contributed by atoms with Crippen molar-refractivity contribution in [1.29, 1.82) is 0 Å². The summed E-state index contributed by atoms with van der Waals surface area (Å²) in [5.74, 6) is 0.506. The number of benzene rings is 1. The molecule has 0 saturated heterocycles. The Balaban J connectivity index is 2.68. The van der Waals surface area contributed by atoms with Gasteiger partial charge in [-0.2, -0.15) is 0 Å². The summed E-state index contributed by atoms with van der Waals surface area (Å²) in [7, 11) is 0. The number of carbonyl (C=O) groups excluding carboxylic acids is 2. The molecule has 0 heterocycles. The van der Waals surface area contributed by atoms with Crippen molar-refractivity contribution in [3.8, 4) is 0 Å². The lowest BCUT2D eigenvalue weighted by Crippen LogP contribution is -2.30. The van der Waals surface area contributed by atoms with Gasteiger partial charge in [0.1, 0.15) is 0 Å². The van der Waals surface area contributed by atoms with Crippen LogP contribution in [-0.4, -0.2) is 35.7 Å². The molecule has 0 saturated carbocycles. The predicted molar refractivity (Wildman–Crippen MR) is 86.9 cm³/mol. The molecular weight excluding hydrogens is 288 g/mol. The monoisotopic (exact) mass is 310 g/mol. The van der Waals surface area contributed by atoms with Crippen molar-refractivity contribution in [2.45, 2.75) is 33.1 Å². The molecule has 0 aliphatic heterocycles. The summed E-state index contributed by atoms with van der Waals surface area (Å²) < 4.78 is 0. The van der Waals surface area contributed by atoms with Gasteiger partial charge in [0.05, 0.1) is 0 Å². The van der Waals surface area contributed by atoms with Gasteiger partial charge in [0.25, 0.3) is 5.91 Å². The second-order valence-corrected chi connectivity index (χ2v) is 5.13. The fourth-order valence-corrected chi connectivity index (χ4v) is 2.22. The third-order valence-electron chi connectivity index (χ3n) is 3.23. The zero-order chi connectivity index (χ0) is 15.7. The van der Waals surface area contributed by atoms with Crippen LogP contribution in [0.4, 0.5) is 5.69 Å². The summed E-state index contributed by atoms with van der Waals surface area (Å²) >= 11 is 5.58. The van der Waals surface area contributed by atoms with Crippen LogP contribution in [0.15, 0.2) is 24.3 Å². The first-order chi connectivity index (χ1) is 10.1. The maximum atomic E-state index is 12.3. The van der Waals surface area contributed by atoms with E-state index in [1.54, 1.807) is 29.2 Å². The molecule has 1 N–H and O–H groups in total. The Morgan fingerprint density at radius 1 is 1.19 bits per heavy atom. The molecule has 0 spiro atoms. The van der Waals surface area contributed by atoms with E-state index < -0.39 is 0 Å². The summed E-state index contributed by atoms with van der Waals surface area (Å²) in [5, 5.41) is 2.82. The van der Waals surface area contributed by atoms with Gasteiger partial charge in [0.15, 0.2) is 0 Å². The summed E-state index contributed by atoms with van der Waals surface area (Å²) in [6.45, 7) is 5.24. The van der Waals surface area contributed by atoms with E-state index in [-0.39, 0.29) is 11.8 Å². The van der Waals surface area contributed by atoms with Gasteiger partial charge in [-0.05, 0) is 44.9 Å². The van der Waals surface area contributed by atoms with Crippen molar-refractivity contribution in [2.24, 2.45) is 0 Å². The van der Waals surface area contributed by atoms with Crippen LogP contribution in [0.2, 0.25) is 0 Å². The lowest BCUT2D eigenvalue weighted by Gasteiger charge is -2.19. The number of nitrogens with one attached hydrogen (secondary N) is 1. The fraction of sp³-hybridized carbons (Fsp3) is 0.500. The largest absolute Gasteiger partial charge is 0.339 e. The number of carbonyl (C=O) groups is 2. The van der Waals surface area contributed by atoms with Gasteiger partial charge in [-0.3, -0.25) is 9.59 Å². The standard InChI is InChI=1S/C16H23ClN2O2/c1-3-19(4-2)16(21)13-8-7-9-14(12-13)18-15(20)10-5-6-11-17/h7-9,12H,3-6,10-11H2,1-2H3,(H,18,20). The minimum atomic E-state index is -0.0486. The number of alkyl halides is 1. The van der Waals surface area contributed by atoms with E-state index in [2.05, 4.69) is 5.32 Å². The van der Waals surface area contributed by atoms with Crippen LogP contribution in [0, 0.1) is 0 Å². The van der Waals surface area contributed by atoms with E-state index >= 15 is 0 Å². The zero-order valence-corrected chi connectivity index (χ0v) is 13.4. The van der Waals surface area contributed by atoms with Gasteiger partial charge in [-0.1, -0.05) is 6.07 Å². The molecule has 0 bridgehead atoms. The normalized spacial score (nSPS) is 10.2.